The molecule has 0 aromatic heterocycles. The molecule has 0 aliphatic heterocycles. The summed E-state index contributed by atoms with van der Waals surface area (Å²) in [4.78, 5) is -0.0837. The summed E-state index contributed by atoms with van der Waals surface area (Å²) in [6.07, 6.45) is 0.0947. The normalized spacial score (nSPS) is 11.1. The third-order valence-corrected chi connectivity index (χ3v) is 4.17. The molecular weight excluding hydrogens is 271 g/mol. The zero-order chi connectivity index (χ0) is 12.2. The van der Waals surface area contributed by atoms with Gasteiger partial charge in [0.05, 0.1) is 16.1 Å². The van der Waals surface area contributed by atoms with E-state index in [1.54, 1.807) is 0 Å². The minimum Gasteiger partial charge on any atom is -0.210 e. The summed E-state index contributed by atoms with van der Waals surface area (Å²) in [5.41, 5.74) is 0. The van der Waals surface area contributed by atoms with E-state index in [1.165, 1.54) is 18.2 Å². The number of nitriles is 1. The van der Waals surface area contributed by atoms with Crippen molar-refractivity contribution in [2.75, 3.05) is 6.54 Å². The van der Waals surface area contributed by atoms with Crippen LogP contribution in [0, 0.1) is 11.3 Å². The highest BCUT2D eigenvalue weighted by Crippen LogP contribution is 2.28. The third kappa shape index (κ3) is 3.09. The van der Waals surface area contributed by atoms with Gasteiger partial charge in [-0.3, -0.25) is 0 Å². The van der Waals surface area contributed by atoms with E-state index in [9.17, 15) is 8.42 Å². The number of benzene rings is 1. The Morgan fingerprint density at radius 3 is 2.69 bits per heavy atom. The first kappa shape index (κ1) is 13.3. The van der Waals surface area contributed by atoms with Crippen molar-refractivity contribution < 1.29 is 8.42 Å². The van der Waals surface area contributed by atoms with Crippen LogP contribution in [0.25, 0.3) is 0 Å². The molecule has 0 radical (unpaired) electrons. The van der Waals surface area contributed by atoms with Crippen molar-refractivity contribution in [3.05, 3.63) is 28.2 Å². The number of hydrogen-bond donors (Lipinski definition) is 1. The Kier molecular flexibility index (Phi) is 4.56. The van der Waals surface area contributed by atoms with Gasteiger partial charge in [-0.1, -0.05) is 29.3 Å². The maximum Gasteiger partial charge on any atom is 0.242 e. The predicted octanol–water partition coefficient (Wildman–Crippen LogP) is 2.19. The Morgan fingerprint density at radius 1 is 1.38 bits per heavy atom. The van der Waals surface area contributed by atoms with E-state index < -0.39 is 10.0 Å². The second kappa shape index (κ2) is 5.51. The van der Waals surface area contributed by atoms with E-state index in [0.717, 1.165) is 0 Å². The predicted molar refractivity (Wildman–Crippen MR) is 61.9 cm³/mol. The molecular formula is C9H8Cl2N2O2S. The van der Waals surface area contributed by atoms with Gasteiger partial charge in [0, 0.05) is 13.0 Å². The van der Waals surface area contributed by atoms with Crippen molar-refractivity contribution in [3.8, 4) is 6.07 Å². The maximum absolute atomic E-state index is 11.7. The van der Waals surface area contributed by atoms with E-state index in [1.807, 2.05) is 6.07 Å². The number of nitrogens with zero attached hydrogens (tertiary/aromatic N) is 1. The average Bonchev–Trinajstić information content (AvgIpc) is 2.22. The molecule has 4 nitrogen and oxygen atoms in total. The molecule has 86 valence electrons. The number of halogens is 2. The van der Waals surface area contributed by atoms with Gasteiger partial charge < -0.3 is 0 Å². The Morgan fingerprint density at radius 2 is 2.06 bits per heavy atom. The molecule has 0 saturated carbocycles. The third-order valence-electron chi connectivity index (χ3n) is 1.73. The van der Waals surface area contributed by atoms with Gasteiger partial charge in [-0.2, -0.15) is 5.26 Å². The summed E-state index contributed by atoms with van der Waals surface area (Å²) in [7, 11) is -3.70. The van der Waals surface area contributed by atoms with Crippen LogP contribution in [-0.4, -0.2) is 15.0 Å². The fraction of sp³-hybridized carbons (Fsp3) is 0.222. The molecule has 0 spiro atoms. The molecule has 0 atom stereocenters. The lowest BCUT2D eigenvalue weighted by molar-refractivity contribution is 0.582. The van der Waals surface area contributed by atoms with Crippen LogP contribution in [0.3, 0.4) is 0 Å². The number of rotatable bonds is 4. The minimum absolute atomic E-state index is 0.0198. The van der Waals surface area contributed by atoms with Crippen LogP contribution in [0.1, 0.15) is 6.42 Å². The smallest absolute Gasteiger partial charge is 0.210 e. The SMILES string of the molecule is N#CCCNS(=O)(=O)c1cccc(Cl)c1Cl. The van der Waals surface area contributed by atoms with E-state index >= 15 is 0 Å². The van der Waals surface area contributed by atoms with Crippen LogP contribution in [0.5, 0.6) is 0 Å². The Hall–Kier alpha value is -0.800. The summed E-state index contributed by atoms with van der Waals surface area (Å²) in [6.45, 7) is 0.0433. The summed E-state index contributed by atoms with van der Waals surface area (Å²) in [5.74, 6) is 0. The lowest BCUT2D eigenvalue weighted by Crippen LogP contribution is -2.24. The molecule has 0 saturated heterocycles. The minimum atomic E-state index is -3.70. The van der Waals surface area contributed by atoms with Crippen LogP contribution in [0.2, 0.25) is 10.0 Å². The fourth-order valence-corrected chi connectivity index (χ4v) is 2.80. The Balaban J connectivity index is 3.00. The van der Waals surface area contributed by atoms with E-state index in [4.69, 9.17) is 28.5 Å². The van der Waals surface area contributed by atoms with Crippen molar-refractivity contribution >= 4 is 33.2 Å². The molecule has 0 bridgehead atoms. The van der Waals surface area contributed by atoms with Gasteiger partial charge in [-0.25, -0.2) is 13.1 Å². The molecule has 0 unspecified atom stereocenters. The van der Waals surface area contributed by atoms with Crippen molar-refractivity contribution in [2.45, 2.75) is 11.3 Å². The van der Waals surface area contributed by atoms with Gasteiger partial charge >= 0.3 is 0 Å². The van der Waals surface area contributed by atoms with Crippen LogP contribution in [0.15, 0.2) is 23.1 Å². The lowest BCUT2D eigenvalue weighted by atomic mass is 10.4. The summed E-state index contributed by atoms with van der Waals surface area (Å²) in [6, 6.07) is 6.17. The van der Waals surface area contributed by atoms with Gasteiger partial charge in [-0.05, 0) is 12.1 Å². The number of nitrogens with one attached hydrogen (secondary N) is 1. The molecule has 0 aliphatic carbocycles. The van der Waals surface area contributed by atoms with Gasteiger partial charge in [0.25, 0.3) is 0 Å². The standard InChI is InChI=1S/C9H8Cl2N2O2S/c10-7-3-1-4-8(9(7)11)16(14,15)13-6-2-5-12/h1,3-4,13H,2,6H2. The quantitative estimate of drug-likeness (QED) is 0.859. The van der Waals surface area contributed by atoms with Crippen LogP contribution >= 0.6 is 23.2 Å². The van der Waals surface area contributed by atoms with Crippen LogP contribution < -0.4 is 4.72 Å². The first-order chi connectivity index (χ1) is 7.49. The number of hydrogen-bond acceptors (Lipinski definition) is 3. The molecule has 0 aliphatic rings. The second-order valence-electron chi connectivity index (χ2n) is 2.86. The monoisotopic (exact) mass is 278 g/mol. The summed E-state index contributed by atoms with van der Waals surface area (Å²) < 4.78 is 25.7. The molecule has 16 heavy (non-hydrogen) atoms. The molecule has 1 N–H and O–H groups in total. The van der Waals surface area contributed by atoms with Crippen molar-refractivity contribution in [2.24, 2.45) is 0 Å². The van der Waals surface area contributed by atoms with Crippen LogP contribution in [0.4, 0.5) is 0 Å². The van der Waals surface area contributed by atoms with Gasteiger partial charge in [0.15, 0.2) is 0 Å². The Labute approximate surface area is 104 Å². The van der Waals surface area contributed by atoms with Crippen LogP contribution in [-0.2, 0) is 10.0 Å². The molecule has 0 amide bonds. The highest BCUT2D eigenvalue weighted by molar-refractivity contribution is 7.89. The van der Waals surface area contributed by atoms with Crippen molar-refractivity contribution in [1.29, 1.82) is 5.26 Å². The van der Waals surface area contributed by atoms with Crippen molar-refractivity contribution in [1.82, 2.24) is 4.72 Å². The summed E-state index contributed by atoms with van der Waals surface area (Å²) >= 11 is 11.5. The van der Waals surface area contributed by atoms with E-state index in [2.05, 4.69) is 4.72 Å². The Bertz CT molecular complexity index is 523. The van der Waals surface area contributed by atoms with Crippen molar-refractivity contribution in [3.63, 3.8) is 0 Å². The zero-order valence-corrected chi connectivity index (χ0v) is 10.4. The molecule has 1 aromatic rings. The fourth-order valence-electron chi connectivity index (χ4n) is 1.01. The highest BCUT2D eigenvalue weighted by Gasteiger charge is 2.18. The lowest BCUT2D eigenvalue weighted by Gasteiger charge is -2.07. The van der Waals surface area contributed by atoms with Gasteiger partial charge in [0.2, 0.25) is 10.0 Å². The molecule has 0 heterocycles. The first-order valence-electron chi connectivity index (χ1n) is 4.29. The molecule has 7 heteroatoms. The van der Waals surface area contributed by atoms with Gasteiger partial charge in [-0.15, -0.1) is 0 Å². The molecule has 0 fully saturated rings. The molecule has 1 rings (SSSR count). The van der Waals surface area contributed by atoms with E-state index in [0.29, 0.717) is 0 Å². The zero-order valence-electron chi connectivity index (χ0n) is 8.07. The number of sulfonamides is 1. The topological polar surface area (TPSA) is 70.0 Å². The highest BCUT2D eigenvalue weighted by atomic mass is 35.5. The average molecular weight is 279 g/mol. The maximum atomic E-state index is 11.7. The molecule has 1 aromatic carbocycles. The van der Waals surface area contributed by atoms with Gasteiger partial charge in [0.1, 0.15) is 4.90 Å². The second-order valence-corrected chi connectivity index (χ2v) is 5.38. The first-order valence-corrected chi connectivity index (χ1v) is 6.53. The largest absolute Gasteiger partial charge is 0.242 e. The summed E-state index contributed by atoms with van der Waals surface area (Å²) in [5, 5.41) is 8.45. The van der Waals surface area contributed by atoms with E-state index in [-0.39, 0.29) is 27.9 Å².